The van der Waals surface area contributed by atoms with Crippen LogP contribution in [0.4, 0.5) is 5.69 Å². The van der Waals surface area contributed by atoms with Gasteiger partial charge in [0.2, 0.25) is 11.8 Å². The maximum atomic E-state index is 12.8. The number of rotatable bonds is 4. The Morgan fingerprint density at radius 1 is 1.09 bits per heavy atom. The second-order valence-electron chi connectivity index (χ2n) is 6.33. The minimum absolute atomic E-state index is 0.0561. The molecule has 2 bridgehead atoms. The van der Waals surface area contributed by atoms with Gasteiger partial charge in [-0.05, 0) is 36.8 Å². The Kier molecular flexibility index (Phi) is 3.06. The number of hydrogen-bond donors (Lipinski definition) is 0. The molecule has 0 N–H and O–H groups in total. The summed E-state index contributed by atoms with van der Waals surface area (Å²) in [6.45, 7) is 2.61. The van der Waals surface area contributed by atoms with Crippen molar-refractivity contribution in [1.29, 1.82) is 0 Å². The number of para-hydroxylation sites is 2. The maximum Gasteiger partial charge on any atom is 0.238 e. The molecule has 0 aromatic heterocycles. The van der Waals surface area contributed by atoms with Crippen LogP contribution in [0.3, 0.4) is 0 Å². The lowest BCUT2D eigenvalue weighted by Crippen LogP contribution is -2.33. The predicted molar refractivity (Wildman–Crippen MR) is 82.4 cm³/mol. The van der Waals surface area contributed by atoms with Crippen LogP contribution in [0, 0.1) is 23.7 Å². The van der Waals surface area contributed by atoms with Crippen LogP contribution in [-0.4, -0.2) is 18.4 Å². The van der Waals surface area contributed by atoms with E-state index in [1.165, 1.54) is 4.90 Å². The van der Waals surface area contributed by atoms with Gasteiger partial charge in [-0.2, -0.15) is 0 Å². The number of amides is 2. The van der Waals surface area contributed by atoms with E-state index in [9.17, 15) is 9.59 Å². The van der Waals surface area contributed by atoms with Crippen molar-refractivity contribution in [2.24, 2.45) is 23.7 Å². The summed E-state index contributed by atoms with van der Waals surface area (Å²) in [5.41, 5.74) is 0.597. The number of nitrogens with zero attached hydrogens (tertiary/aromatic N) is 1. The van der Waals surface area contributed by atoms with Crippen LogP contribution in [0.5, 0.6) is 5.75 Å². The summed E-state index contributed by atoms with van der Waals surface area (Å²) >= 11 is 0. The molecule has 1 aliphatic heterocycles. The summed E-state index contributed by atoms with van der Waals surface area (Å²) < 4.78 is 5.73. The Morgan fingerprint density at radius 3 is 2.36 bits per heavy atom. The Morgan fingerprint density at radius 2 is 1.73 bits per heavy atom. The lowest BCUT2D eigenvalue weighted by Gasteiger charge is -2.20. The van der Waals surface area contributed by atoms with E-state index in [2.05, 4.69) is 12.2 Å². The molecular weight excluding hydrogens is 278 g/mol. The molecule has 22 heavy (non-hydrogen) atoms. The fraction of sp³-hybridized carbons (Fsp3) is 0.444. The molecule has 1 heterocycles. The van der Waals surface area contributed by atoms with Crippen molar-refractivity contribution in [3.05, 3.63) is 36.4 Å². The molecule has 0 spiro atoms. The van der Waals surface area contributed by atoms with Crippen molar-refractivity contribution in [3.8, 4) is 5.75 Å². The largest absolute Gasteiger partial charge is 0.491 e. The zero-order valence-corrected chi connectivity index (χ0v) is 12.6. The number of carbonyl (C=O) groups is 2. The second-order valence-corrected chi connectivity index (χ2v) is 6.33. The van der Waals surface area contributed by atoms with Gasteiger partial charge in [-0.3, -0.25) is 9.59 Å². The molecule has 114 valence electrons. The van der Waals surface area contributed by atoms with Crippen molar-refractivity contribution in [2.45, 2.75) is 19.8 Å². The molecule has 4 rings (SSSR count). The van der Waals surface area contributed by atoms with Crippen molar-refractivity contribution in [2.75, 3.05) is 11.5 Å². The van der Waals surface area contributed by atoms with Gasteiger partial charge in [0.15, 0.2) is 0 Å². The lowest BCUT2D eigenvalue weighted by molar-refractivity contribution is -0.123. The predicted octanol–water partition coefficient (Wildman–Crippen LogP) is 2.79. The van der Waals surface area contributed by atoms with Crippen LogP contribution in [0.1, 0.15) is 19.8 Å². The highest BCUT2D eigenvalue weighted by Gasteiger charge is 2.59. The maximum absolute atomic E-state index is 12.8. The normalized spacial score (nSPS) is 32.0. The molecular formula is C18H19NO3. The fourth-order valence-corrected chi connectivity index (χ4v) is 4.12. The van der Waals surface area contributed by atoms with Gasteiger partial charge in [0, 0.05) is 0 Å². The molecule has 4 atom stereocenters. The number of hydrogen-bond acceptors (Lipinski definition) is 3. The standard InChI is InChI=1S/C18H19NO3/c1-2-9-22-14-6-4-3-5-13(14)19-17(20)15-11-7-8-12(10-11)16(15)18(19)21/h3-8,11-12,15-16H,2,9-10H2,1H3/t11-,12+,15?,16?. The van der Waals surface area contributed by atoms with Crippen LogP contribution in [0.2, 0.25) is 0 Å². The SMILES string of the molecule is CCCOc1ccccc1N1C(=O)C2C(C1=O)[C@H]1C=C[C@@H]2C1. The molecule has 3 aliphatic rings. The van der Waals surface area contributed by atoms with Crippen LogP contribution in [0.15, 0.2) is 36.4 Å². The number of carbonyl (C=O) groups excluding carboxylic acids is 2. The fourth-order valence-electron chi connectivity index (χ4n) is 4.12. The first-order valence-electron chi connectivity index (χ1n) is 8.00. The number of fused-ring (bicyclic) bond motifs is 5. The van der Waals surface area contributed by atoms with Crippen molar-refractivity contribution >= 4 is 17.5 Å². The quantitative estimate of drug-likeness (QED) is 0.634. The van der Waals surface area contributed by atoms with Gasteiger partial charge in [-0.15, -0.1) is 0 Å². The Labute approximate surface area is 129 Å². The van der Waals surface area contributed by atoms with Crippen molar-refractivity contribution in [3.63, 3.8) is 0 Å². The van der Waals surface area contributed by atoms with E-state index in [0.29, 0.717) is 18.0 Å². The summed E-state index contributed by atoms with van der Waals surface area (Å²) in [4.78, 5) is 27.0. The highest BCUT2D eigenvalue weighted by molar-refractivity contribution is 6.23. The van der Waals surface area contributed by atoms with Crippen LogP contribution in [-0.2, 0) is 9.59 Å². The van der Waals surface area contributed by atoms with E-state index in [1.54, 1.807) is 6.07 Å². The van der Waals surface area contributed by atoms with Gasteiger partial charge in [-0.1, -0.05) is 31.2 Å². The third-order valence-electron chi connectivity index (χ3n) is 5.04. The Balaban J connectivity index is 1.70. The van der Waals surface area contributed by atoms with Gasteiger partial charge in [-0.25, -0.2) is 4.90 Å². The average Bonchev–Trinajstić information content (AvgIpc) is 3.20. The first-order valence-corrected chi connectivity index (χ1v) is 8.00. The van der Waals surface area contributed by atoms with E-state index in [0.717, 1.165) is 12.8 Å². The van der Waals surface area contributed by atoms with E-state index in [-0.39, 0.29) is 35.5 Å². The molecule has 1 aromatic rings. The second kappa shape index (κ2) is 4.97. The zero-order valence-electron chi connectivity index (χ0n) is 12.6. The molecule has 2 aliphatic carbocycles. The lowest BCUT2D eigenvalue weighted by atomic mass is 9.85. The number of imide groups is 1. The van der Waals surface area contributed by atoms with Gasteiger partial charge in [0.05, 0.1) is 24.1 Å². The summed E-state index contributed by atoms with van der Waals surface area (Å²) in [5, 5.41) is 0. The number of benzene rings is 1. The molecule has 4 nitrogen and oxygen atoms in total. The highest BCUT2D eigenvalue weighted by atomic mass is 16.5. The third-order valence-corrected chi connectivity index (χ3v) is 5.04. The van der Waals surface area contributed by atoms with Gasteiger partial charge >= 0.3 is 0 Å². The van der Waals surface area contributed by atoms with Crippen LogP contribution in [0.25, 0.3) is 0 Å². The van der Waals surface area contributed by atoms with E-state index in [1.807, 2.05) is 25.1 Å². The van der Waals surface area contributed by atoms with Crippen LogP contribution >= 0.6 is 0 Å². The smallest absolute Gasteiger partial charge is 0.238 e. The zero-order chi connectivity index (χ0) is 15.3. The first kappa shape index (κ1) is 13.6. The topological polar surface area (TPSA) is 46.6 Å². The summed E-state index contributed by atoms with van der Waals surface area (Å²) in [6.07, 6.45) is 6.06. The van der Waals surface area contributed by atoms with Gasteiger partial charge in [0.25, 0.3) is 0 Å². The first-order chi connectivity index (χ1) is 10.7. The molecule has 0 radical (unpaired) electrons. The summed E-state index contributed by atoms with van der Waals surface area (Å²) in [7, 11) is 0. The average molecular weight is 297 g/mol. The number of allylic oxidation sites excluding steroid dienone is 2. The van der Waals surface area contributed by atoms with Gasteiger partial charge in [0.1, 0.15) is 5.75 Å². The number of anilines is 1. The molecule has 2 amide bonds. The van der Waals surface area contributed by atoms with Crippen molar-refractivity contribution < 1.29 is 14.3 Å². The summed E-state index contributed by atoms with van der Waals surface area (Å²) in [5.74, 6) is 0.647. The van der Waals surface area contributed by atoms with Crippen LogP contribution < -0.4 is 9.64 Å². The highest BCUT2D eigenvalue weighted by Crippen LogP contribution is 2.53. The van der Waals surface area contributed by atoms with Crippen molar-refractivity contribution in [1.82, 2.24) is 0 Å². The Hall–Kier alpha value is -2.10. The van der Waals surface area contributed by atoms with E-state index < -0.39 is 0 Å². The molecule has 2 fully saturated rings. The Bertz CT molecular complexity index is 636. The monoisotopic (exact) mass is 297 g/mol. The summed E-state index contributed by atoms with van der Waals surface area (Å²) in [6, 6.07) is 7.34. The van der Waals surface area contributed by atoms with Gasteiger partial charge < -0.3 is 4.74 Å². The molecule has 1 aromatic carbocycles. The number of ether oxygens (including phenoxy) is 1. The third kappa shape index (κ3) is 1.76. The minimum atomic E-state index is -0.165. The van der Waals surface area contributed by atoms with E-state index >= 15 is 0 Å². The molecule has 1 saturated heterocycles. The molecule has 1 saturated carbocycles. The minimum Gasteiger partial charge on any atom is -0.491 e. The van der Waals surface area contributed by atoms with E-state index in [4.69, 9.17) is 4.74 Å². The molecule has 4 heteroatoms. The molecule has 2 unspecified atom stereocenters.